The quantitative estimate of drug-likeness (QED) is 0.907. The normalized spacial score (nSPS) is 21.7. The number of hydrogen-bond donors (Lipinski definition) is 1. The molecule has 1 aliphatic rings. The third kappa shape index (κ3) is 4.31. The lowest BCUT2D eigenvalue weighted by Gasteiger charge is -2.38. The van der Waals surface area contributed by atoms with E-state index in [-0.39, 0.29) is 18.4 Å². The first-order chi connectivity index (χ1) is 10.4. The van der Waals surface area contributed by atoms with E-state index in [4.69, 9.17) is 0 Å². The van der Waals surface area contributed by atoms with E-state index in [1.165, 1.54) is 6.42 Å². The molecule has 2 rings (SSSR count). The standard InChI is InChI=1S/C18H28N2O2/c1-18(22,15-9-5-4-6-10-15)13-17(21)20-12-8-7-11-16(20)14-19(2)3/h4-6,9-10,16,22H,7-8,11-14H2,1-3H3. The molecule has 1 N–H and O–H groups in total. The van der Waals surface area contributed by atoms with Crippen LogP contribution in [0.4, 0.5) is 0 Å². The van der Waals surface area contributed by atoms with Gasteiger partial charge in [0.05, 0.1) is 12.0 Å². The van der Waals surface area contributed by atoms with E-state index in [0.29, 0.717) is 0 Å². The van der Waals surface area contributed by atoms with E-state index in [2.05, 4.69) is 4.90 Å². The molecule has 0 saturated carbocycles. The number of aliphatic hydroxyl groups is 1. The lowest BCUT2D eigenvalue weighted by atomic mass is 9.91. The number of benzene rings is 1. The summed E-state index contributed by atoms with van der Waals surface area (Å²) in [4.78, 5) is 16.8. The van der Waals surface area contributed by atoms with Gasteiger partial charge >= 0.3 is 0 Å². The molecule has 4 heteroatoms. The Balaban J connectivity index is 2.06. The minimum absolute atomic E-state index is 0.0559. The maximum Gasteiger partial charge on any atom is 0.226 e. The Labute approximate surface area is 133 Å². The molecule has 1 aromatic carbocycles. The van der Waals surface area contributed by atoms with Gasteiger partial charge in [-0.15, -0.1) is 0 Å². The molecule has 0 radical (unpaired) electrons. The van der Waals surface area contributed by atoms with Gasteiger partial charge in [-0.25, -0.2) is 0 Å². The van der Waals surface area contributed by atoms with Gasteiger partial charge < -0.3 is 14.9 Å². The highest BCUT2D eigenvalue weighted by atomic mass is 16.3. The van der Waals surface area contributed by atoms with E-state index < -0.39 is 5.60 Å². The molecule has 1 amide bonds. The Morgan fingerprint density at radius 2 is 2.00 bits per heavy atom. The molecule has 1 heterocycles. The first-order valence-electron chi connectivity index (χ1n) is 8.12. The van der Waals surface area contributed by atoms with Crippen LogP contribution in [0.3, 0.4) is 0 Å². The zero-order valence-corrected chi connectivity index (χ0v) is 14.0. The molecule has 1 saturated heterocycles. The summed E-state index contributed by atoms with van der Waals surface area (Å²) in [6.07, 6.45) is 3.43. The lowest BCUT2D eigenvalue weighted by molar-refractivity contribution is -0.140. The largest absolute Gasteiger partial charge is 0.385 e. The molecule has 2 unspecified atom stereocenters. The minimum Gasteiger partial charge on any atom is -0.385 e. The van der Waals surface area contributed by atoms with Crippen LogP contribution >= 0.6 is 0 Å². The van der Waals surface area contributed by atoms with Gasteiger partial charge in [0.15, 0.2) is 0 Å². The second-order valence-corrected chi connectivity index (χ2v) is 6.82. The van der Waals surface area contributed by atoms with Crippen LogP contribution in [-0.4, -0.2) is 54.0 Å². The van der Waals surface area contributed by atoms with Gasteiger partial charge in [0, 0.05) is 19.1 Å². The molecule has 0 bridgehead atoms. The summed E-state index contributed by atoms with van der Waals surface area (Å²) in [6, 6.07) is 9.72. The average Bonchev–Trinajstić information content (AvgIpc) is 2.47. The monoisotopic (exact) mass is 304 g/mol. The first-order valence-corrected chi connectivity index (χ1v) is 8.12. The highest BCUT2D eigenvalue weighted by molar-refractivity contribution is 5.78. The number of piperidine rings is 1. The van der Waals surface area contributed by atoms with Crippen LogP contribution in [0.2, 0.25) is 0 Å². The maximum atomic E-state index is 12.7. The Bertz CT molecular complexity index is 485. The van der Waals surface area contributed by atoms with E-state index in [0.717, 1.165) is 31.5 Å². The van der Waals surface area contributed by atoms with Crippen LogP contribution < -0.4 is 0 Å². The summed E-state index contributed by atoms with van der Waals surface area (Å²) in [5, 5.41) is 10.7. The van der Waals surface area contributed by atoms with Gasteiger partial charge in [0.2, 0.25) is 5.91 Å². The smallest absolute Gasteiger partial charge is 0.226 e. The van der Waals surface area contributed by atoms with Gasteiger partial charge in [-0.2, -0.15) is 0 Å². The van der Waals surface area contributed by atoms with Crippen molar-refractivity contribution >= 4 is 5.91 Å². The van der Waals surface area contributed by atoms with Crippen LogP contribution in [0.25, 0.3) is 0 Å². The van der Waals surface area contributed by atoms with Gasteiger partial charge in [0.25, 0.3) is 0 Å². The summed E-state index contributed by atoms with van der Waals surface area (Å²) in [5.74, 6) is 0.0559. The summed E-state index contributed by atoms with van der Waals surface area (Å²) in [6.45, 7) is 3.42. The van der Waals surface area contributed by atoms with E-state index in [1.54, 1.807) is 6.92 Å². The zero-order valence-electron chi connectivity index (χ0n) is 14.0. The number of hydrogen-bond acceptors (Lipinski definition) is 3. The van der Waals surface area contributed by atoms with Crippen LogP contribution in [0.15, 0.2) is 30.3 Å². The fraction of sp³-hybridized carbons (Fsp3) is 0.611. The van der Waals surface area contributed by atoms with Crippen molar-refractivity contribution in [2.24, 2.45) is 0 Å². The molecule has 1 aliphatic heterocycles. The minimum atomic E-state index is -1.11. The Morgan fingerprint density at radius 3 is 2.64 bits per heavy atom. The molecule has 122 valence electrons. The van der Waals surface area contributed by atoms with Crippen molar-refractivity contribution in [2.45, 2.75) is 44.2 Å². The van der Waals surface area contributed by atoms with Crippen molar-refractivity contribution in [3.05, 3.63) is 35.9 Å². The Morgan fingerprint density at radius 1 is 1.32 bits per heavy atom. The van der Waals surface area contributed by atoms with Crippen LogP contribution in [0.1, 0.15) is 38.2 Å². The molecule has 2 atom stereocenters. The van der Waals surface area contributed by atoms with Crippen LogP contribution in [-0.2, 0) is 10.4 Å². The van der Waals surface area contributed by atoms with E-state index >= 15 is 0 Å². The molecule has 22 heavy (non-hydrogen) atoms. The fourth-order valence-electron chi connectivity index (χ4n) is 3.24. The van der Waals surface area contributed by atoms with Crippen molar-refractivity contribution in [3.63, 3.8) is 0 Å². The van der Waals surface area contributed by atoms with Gasteiger partial charge in [-0.1, -0.05) is 30.3 Å². The maximum absolute atomic E-state index is 12.7. The summed E-state index contributed by atoms with van der Waals surface area (Å²) < 4.78 is 0. The lowest BCUT2D eigenvalue weighted by Crippen LogP contribution is -2.49. The number of carbonyl (C=O) groups excluding carboxylic acids is 1. The van der Waals surface area contributed by atoms with E-state index in [9.17, 15) is 9.90 Å². The zero-order chi connectivity index (χ0) is 16.2. The molecule has 0 spiro atoms. The Hall–Kier alpha value is -1.39. The van der Waals surface area contributed by atoms with Crippen LogP contribution in [0.5, 0.6) is 0 Å². The SMILES string of the molecule is CN(C)CC1CCCCN1C(=O)CC(C)(O)c1ccccc1. The molecular weight excluding hydrogens is 276 g/mol. The number of carbonyl (C=O) groups is 1. The number of likely N-dealkylation sites (N-methyl/N-ethyl adjacent to an activating group) is 1. The molecule has 1 fully saturated rings. The Kier molecular flexibility index (Phi) is 5.59. The second-order valence-electron chi connectivity index (χ2n) is 6.82. The third-order valence-electron chi connectivity index (χ3n) is 4.41. The number of rotatable bonds is 5. The number of nitrogens with zero attached hydrogens (tertiary/aromatic N) is 2. The molecule has 1 aromatic rings. The second kappa shape index (κ2) is 7.25. The molecule has 0 aromatic heterocycles. The van der Waals surface area contributed by atoms with Crippen LogP contribution in [0, 0.1) is 0 Å². The fourth-order valence-corrected chi connectivity index (χ4v) is 3.24. The molecule has 4 nitrogen and oxygen atoms in total. The van der Waals surface area contributed by atoms with Crippen molar-refractivity contribution < 1.29 is 9.90 Å². The van der Waals surface area contributed by atoms with Gasteiger partial charge in [0.1, 0.15) is 0 Å². The highest BCUT2D eigenvalue weighted by Gasteiger charge is 2.33. The van der Waals surface area contributed by atoms with Crippen molar-refractivity contribution in [3.8, 4) is 0 Å². The van der Waals surface area contributed by atoms with Gasteiger partial charge in [-0.05, 0) is 45.8 Å². The molecular formula is C18H28N2O2. The van der Waals surface area contributed by atoms with Crippen molar-refractivity contribution in [1.29, 1.82) is 0 Å². The summed E-state index contributed by atoms with van der Waals surface area (Å²) >= 11 is 0. The van der Waals surface area contributed by atoms with E-state index in [1.807, 2.05) is 49.3 Å². The topological polar surface area (TPSA) is 43.8 Å². The first kappa shape index (κ1) is 17.0. The van der Waals surface area contributed by atoms with Gasteiger partial charge in [-0.3, -0.25) is 4.79 Å². The summed E-state index contributed by atoms with van der Waals surface area (Å²) in [5.41, 5.74) is -0.317. The summed E-state index contributed by atoms with van der Waals surface area (Å²) in [7, 11) is 4.08. The number of amides is 1. The molecule has 0 aliphatic carbocycles. The highest BCUT2D eigenvalue weighted by Crippen LogP contribution is 2.27. The number of likely N-dealkylation sites (tertiary alicyclic amines) is 1. The third-order valence-corrected chi connectivity index (χ3v) is 4.41. The predicted molar refractivity (Wildman–Crippen MR) is 88.5 cm³/mol. The predicted octanol–water partition coefficient (Wildman–Crippen LogP) is 2.23. The van der Waals surface area contributed by atoms with Crippen molar-refractivity contribution in [1.82, 2.24) is 9.80 Å². The average molecular weight is 304 g/mol. The van der Waals surface area contributed by atoms with Crippen molar-refractivity contribution in [2.75, 3.05) is 27.2 Å².